The predicted octanol–water partition coefficient (Wildman–Crippen LogP) is 4.95. The Morgan fingerprint density at radius 3 is 1.59 bits per heavy atom. The second-order valence-electron chi connectivity index (χ2n) is 13.0. The third-order valence-electron chi connectivity index (χ3n) is 7.92. The molecule has 4 aromatic rings. The summed E-state index contributed by atoms with van der Waals surface area (Å²) in [5.74, 6) is -0.502. The van der Waals surface area contributed by atoms with Crippen molar-refractivity contribution in [3.05, 3.63) is 134 Å². The van der Waals surface area contributed by atoms with Gasteiger partial charge in [0.2, 0.25) is 11.6 Å². The van der Waals surface area contributed by atoms with E-state index in [1.165, 1.54) is 4.57 Å². The van der Waals surface area contributed by atoms with E-state index in [0.29, 0.717) is 34.7 Å². The fourth-order valence-electron chi connectivity index (χ4n) is 5.82. The number of hydrogen-bond acceptors (Lipinski definition) is 6. The Kier molecular flexibility index (Phi) is 10.1. The van der Waals surface area contributed by atoms with Crippen LogP contribution in [0, 0.1) is 33.6 Å². The maximum absolute atomic E-state index is 13.3. The largest absolute Gasteiger partial charge is 0.328 e. The molecule has 1 fully saturated rings. The SMILES string of the molecule is Cc1cc(C)cc(C(=O)c2[nH]c(=O)[nH]c(=O)c2C(C)C)c1.Cc1cc(C)cc(C(=O)c2c(C(C)C)c(=O)[nH]c(=O)n2CC2CC2)c1. The molecule has 0 bridgehead atoms. The number of carbonyl (C=O) groups excluding carboxylic acids is 2. The lowest BCUT2D eigenvalue weighted by Gasteiger charge is -2.17. The first kappa shape index (κ1) is 34.0. The maximum Gasteiger partial charge on any atom is 0.328 e. The van der Waals surface area contributed by atoms with E-state index in [1.807, 2.05) is 65.8 Å². The standard InChI is InChI=1S/C20H24N2O3.C16H18N2O3/c1-11(2)16-17(18(23)15-8-12(3)7-13(4)9-15)22(10-14-5-6-14)20(25)21-19(16)24;1-8(2)12-13(17-16(21)18-15(12)20)14(19)11-6-9(3)5-10(4)7-11/h7-9,11,14H,5-6,10H2,1-4H3,(H,21,24,25);5-8H,1-4H3,(H2,17,18,20,21). The molecule has 0 spiro atoms. The highest BCUT2D eigenvalue weighted by molar-refractivity contribution is 6.09. The zero-order valence-electron chi connectivity index (χ0n) is 27.7. The molecule has 2 aromatic heterocycles. The van der Waals surface area contributed by atoms with E-state index in [1.54, 1.807) is 26.0 Å². The number of aromatic amines is 3. The minimum atomic E-state index is -0.669. The Hall–Kier alpha value is -4.86. The summed E-state index contributed by atoms with van der Waals surface area (Å²) in [5.41, 5.74) is 3.75. The lowest BCUT2D eigenvalue weighted by atomic mass is 9.95. The second-order valence-corrected chi connectivity index (χ2v) is 13.0. The molecule has 0 atom stereocenters. The number of hydrogen-bond donors (Lipinski definition) is 3. The molecule has 2 heterocycles. The minimum absolute atomic E-state index is 0.0729. The van der Waals surface area contributed by atoms with Crippen LogP contribution in [-0.2, 0) is 6.54 Å². The van der Waals surface area contributed by atoms with Crippen molar-refractivity contribution in [2.45, 2.75) is 86.6 Å². The van der Waals surface area contributed by atoms with E-state index in [4.69, 9.17) is 0 Å². The van der Waals surface area contributed by atoms with E-state index >= 15 is 0 Å². The molecule has 3 N–H and O–H groups in total. The molecule has 46 heavy (non-hydrogen) atoms. The summed E-state index contributed by atoms with van der Waals surface area (Å²) >= 11 is 0. The Morgan fingerprint density at radius 2 is 1.13 bits per heavy atom. The van der Waals surface area contributed by atoms with Crippen LogP contribution in [0.2, 0.25) is 0 Å². The van der Waals surface area contributed by atoms with Gasteiger partial charge in [-0.25, -0.2) is 9.59 Å². The Bertz CT molecular complexity index is 2010. The van der Waals surface area contributed by atoms with Crippen LogP contribution in [0.1, 0.15) is 118 Å². The molecular weight excluding hydrogens is 584 g/mol. The van der Waals surface area contributed by atoms with Gasteiger partial charge in [-0.3, -0.25) is 33.7 Å². The van der Waals surface area contributed by atoms with Crippen LogP contribution in [0.4, 0.5) is 0 Å². The monoisotopic (exact) mass is 626 g/mol. The number of ketones is 2. The van der Waals surface area contributed by atoms with Gasteiger partial charge in [0, 0.05) is 28.8 Å². The lowest BCUT2D eigenvalue weighted by molar-refractivity contribution is 0.102. The number of aryl methyl sites for hydroxylation is 4. The highest BCUT2D eigenvalue weighted by atomic mass is 16.2. The molecule has 10 nitrogen and oxygen atoms in total. The number of rotatable bonds is 8. The first-order chi connectivity index (χ1) is 21.6. The Morgan fingerprint density at radius 1 is 0.674 bits per heavy atom. The second kappa shape index (κ2) is 13.6. The van der Waals surface area contributed by atoms with Crippen LogP contribution < -0.4 is 22.5 Å². The normalized spacial score (nSPS) is 12.7. The number of nitrogens with zero attached hydrogens (tertiary/aromatic N) is 1. The molecule has 1 aliphatic rings. The van der Waals surface area contributed by atoms with E-state index in [2.05, 4.69) is 15.0 Å². The highest BCUT2D eigenvalue weighted by Crippen LogP contribution is 2.31. The molecule has 0 unspecified atom stereocenters. The molecule has 0 radical (unpaired) electrons. The van der Waals surface area contributed by atoms with Crippen LogP contribution in [0.5, 0.6) is 0 Å². The molecule has 0 saturated heterocycles. The van der Waals surface area contributed by atoms with Crippen LogP contribution in [0.15, 0.2) is 55.6 Å². The number of H-pyrrole nitrogens is 3. The van der Waals surface area contributed by atoms with E-state index in [0.717, 1.165) is 35.1 Å². The van der Waals surface area contributed by atoms with E-state index in [9.17, 15) is 28.8 Å². The summed E-state index contributed by atoms with van der Waals surface area (Å²) in [5, 5.41) is 0. The summed E-state index contributed by atoms with van der Waals surface area (Å²) in [6.07, 6.45) is 2.11. The van der Waals surface area contributed by atoms with Crippen molar-refractivity contribution < 1.29 is 9.59 Å². The Balaban J connectivity index is 0.000000212. The van der Waals surface area contributed by atoms with E-state index in [-0.39, 0.29) is 34.8 Å². The van der Waals surface area contributed by atoms with E-state index < -0.39 is 22.5 Å². The van der Waals surface area contributed by atoms with Crippen LogP contribution in [0.25, 0.3) is 0 Å². The zero-order valence-corrected chi connectivity index (χ0v) is 27.7. The summed E-state index contributed by atoms with van der Waals surface area (Å²) in [6.45, 7) is 15.5. The lowest BCUT2D eigenvalue weighted by Crippen LogP contribution is -2.38. The van der Waals surface area contributed by atoms with Crippen molar-refractivity contribution in [2.75, 3.05) is 0 Å². The summed E-state index contributed by atoms with van der Waals surface area (Å²) in [4.78, 5) is 81.2. The third-order valence-corrected chi connectivity index (χ3v) is 7.92. The van der Waals surface area contributed by atoms with Crippen molar-refractivity contribution in [1.82, 2.24) is 19.5 Å². The van der Waals surface area contributed by atoms with Gasteiger partial charge in [-0.2, -0.15) is 0 Å². The minimum Gasteiger partial charge on any atom is -0.304 e. The molecule has 0 aliphatic heterocycles. The summed E-state index contributed by atoms with van der Waals surface area (Å²) < 4.78 is 1.48. The van der Waals surface area contributed by atoms with Crippen LogP contribution >= 0.6 is 0 Å². The molecular formula is C36H42N4O6. The van der Waals surface area contributed by atoms with Gasteiger partial charge in [0.15, 0.2) is 0 Å². The van der Waals surface area contributed by atoms with Gasteiger partial charge in [-0.05, 0) is 82.6 Å². The summed E-state index contributed by atoms with van der Waals surface area (Å²) in [6, 6.07) is 11.1. The van der Waals surface area contributed by atoms with Crippen LogP contribution in [0.3, 0.4) is 0 Å². The molecule has 0 amide bonds. The van der Waals surface area contributed by atoms with Crippen molar-refractivity contribution in [3.8, 4) is 0 Å². The van der Waals surface area contributed by atoms with Crippen molar-refractivity contribution in [3.63, 3.8) is 0 Å². The van der Waals surface area contributed by atoms with Gasteiger partial charge < -0.3 is 4.98 Å². The fraction of sp³-hybridized carbons (Fsp3) is 0.389. The molecule has 242 valence electrons. The van der Waals surface area contributed by atoms with Gasteiger partial charge in [0.25, 0.3) is 11.1 Å². The number of nitrogens with one attached hydrogen (secondary N) is 3. The number of aromatic nitrogens is 4. The number of carbonyl (C=O) groups is 2. The summed E-state index contributed by atoms with van der Waals surface area (Å²) in [7, 11) is 0. The van der Waals surface area contributed by atoms with Crippen molar-refractivity contribution in [2.24, 2.45) is 5.92 Å². The van der Waals surface area contributed by atoms with Gasteiger partial charge in [0.05, 0.1) is 5.69 Å². The van der Waals surface area contributed by atoms with Crippen LogP contribution in [-0.4, -0.2) is 31.1 Å². The maximum atomic E-state index is 13.3. The zero-order chi connectivity index (χ0) is 34.0. The fourth-order valence-corrected chi connectivity index (χ4v) is 5.82. The van der Waals surface area contributed by atoms with Crippen molar-refractivity contribution >= 4 is 11.6 Å². The molecule has 1 aliphatic carbocycles. The predicted molar refractivity (Wildman–Crippen MR) is 179 cm³/mol. The topological polar surface area (TPSA) is 155 Å². The van der Waals surface area contributed by atoms with Crippen molar-refractivity contribution in [1.29, 1.82) is 0 Å². The molecule has 5 rings (SSSR count). The first-order valence-corrected chi connectivity index (χ1v) is 15.6. The Labute approximate surface area is 266 Å². The van der Waals surface area contributed by atoms with Gasteiger partial charge >= 0.3 is 11.4 Å². The quantitative estimate of drug-likeness (QED) is 0.235. The third kappa shape index (κ3) is 7.67. The molecule has 1 saturated carbocycles. The molecule has 10 heteroatoms. The number of benzene rings is 2. The average molecular weight is 627 g/mol. The van der Waals surface area contributed by atoms with Gasteiger partial charge in [-0.1, -0.05) is 62.1 Å². The molecule has 2 aromatic carbocycles. The first-order valence-electron chi connectivity index (χ1n) is 15.6. The van der Waals surface area contributed by atoms with Gasteiger partial charge in [-0.15, -0.1) is 0 Å². The average Bonchev–Trinajstić information content (AvgIpc) is 3.76. The highest BCUT2D eigenvalue weighted by Gasteiger charge is 2.29. The van der Waals surface area contributed by atoms with Gasteiger partial charge in [0.1, 0.15) is 5.69 Å². The smallest absolute Gasteiger partial charge is 0.304 e.